The Bertz CT molecular complexity index is 642. The fraction of sp³-hybridized carbons (Fsp3) is 0.0625. The molecule has 0 aliphatic carbocycles. The number of benzene rings is 1. The highest BCUT2D eigenvalue weighted by Gasteiger charge is 2.07. The lowest BCUT2D eigenvalue weighted by molar-refractivity contribution is 0.981. The van der Waals surface area contributed by atoms with Crippen molar-refractivity contribution in [1.82, 2.24) is 15.0 Å². The third-order valence-electron chi connectivity index (χ3n) is 2.93. The van der Waals surface area contributed by atoms with E-state index in [4.69, 9.17) is 0 Å². The summed E-state index contributed by atoms with van der Waals surface area (Å²) in [6, 6.07) is 16.1. The zero-order valence-corrected chi connectivity index (χ0v) is 11.8. The predicted octanol–water partition coefficient (Wildman–Crippen LogP) is 3.93. The van der Waals surface area contributed by atoms with Gasteiger partial charge in [-0.2, -0.15) is 0 Å². The highest BCUT2D eigenvalue weighted by Crippen LogP contribution is 2.25. The lowest BCUT2D eigenvalue weighted by atomic mass is 10.1. The Morgan fingerprint density at radius 2 is 1.40 bits per heavy atom. The molecule has 0 aliphatic rings. The van der Waals surface area contributed by atoms with Gasteiger partial charge >= 0.3 is 0 Å². The van der Waals surface area contributed by atoms with Crippen molar-refractivity contribution in [1.29, 1.82) is 0 Å². The average Bonchev–Trinajstić information content (AvgIpc) is 2.56. The van der Waals surface area contributed by atoms with Crippen LogP contribution in [0.15, 0.2) is 66.1 Å². The van der Waals surface area contributed by atoms with Crippen LogP contribution < -0.4 is 0 Å². The average molecular weight is 279 g/mol. The highest BCUT2D eigenvalue weighted by atomic mass is 32.2. The minimum atomic E-state index is 0.776. The molecule has 2 aromatic heterocycles. The highest BCUT2D eigenvalue weighted by molar-refractivity contribution is 7.98. The largest absolute Gasteiger partial charge is 0.265 e. The molecule has 0 fully saturated rings. The summed E-state index contributed by atoms with van der Waals surface area (Å²) < 4.78 is 0. The first kappa shape index (κ1) is 12.8. The minimum Gasteiger partial charge on any atom is -0.265 e. The molecule has 0 aliphatic heterocycles. The van der Waals surface area contributed by atoms with E-state index in [0.717, 1.165) is 27.7 Å². The van der Waals surface area contributed by atoms with Crippen LogP contribution in [0.3, 0.4) is 0 Å². The molecule has 0 unspecified atom stereocenters. The van der Waals surface area contributed by atoms with E-state index >= 15 is 0 Å². The van der Waals surface area contributed by atoms with Crippen molar-refractivity contribution in [2.24, 2.45) is 0 Å². The molecule has 0 amide bonds. The van der Waals surface area contributed by atoms with E-state index in [0.29, 0.717) is 0 Å². The first-order valence-electron chi connectivity index (χ1n) is 6.26. The molecule has 0 atom stereocenters. The summed E-state index contributed by atoms with van der Waals surface area (Å²) >= 11 is 1.55. The Labute approximate surface area is 122 Å². The molecule has 3 rings (SSSR count). The Hall–Kier alpha value is -2.20. The van der Waals surface area contributed by atoms with Gasteiger partial charge < -0.3 is 0 Å². The molecule has 0 bridgehead atoms. The van der Waals surface area contributed by atoms with E-state index in [-0.39, 0.29) is 0 Å². The summed E-state index contributed by atoms with van der Waals surface area (Å²) in [6.45, 7) is 0. The molecule has 98 valence electrons. The van der Waals surface area contributed by atoms with E-state index in [1.807, 2.05) is 42.7 Å². The second kappa shape index (κ2) is 5.84. The van der Waals surface area contributed by atoms with Gasteiger partial charge in [0.2, 0.25) is 0 Å². The summed E-state index contributed by atoms with van der Waals surface area (Å²) in [6.07, 6.45) is 5.54. The Balaban J connectivity index is 2.13. The Kier molecular flexibility index (Phi) is 3.74. The molecule has 3 nitrogen and oxygen atoms in total. The topological polar surface area (TPSA) is 38.7 Å². The van der Waals surface area contributed by atoms with Crippen LogP contribution in [0, 0.1) is 0 Å². The van der Waals surface area contributed by atoms with E-state index < -0.39 is 0 Å². The normalized spacial score (nSPS) is 10.4. The molecule has 1 aromatic carbocycles. The first-order valence-corrected chi connectivity index (χ1v) is 7.48. The second-order valence-electron chi connectivity index (χ2n) is 4.23. The summed E-state index contributed by atoms with van der Waals surface area (Å²) in [5, 5.41) is 0.776. The Morgan fingerprint density at radius 3 is 2.00 bits per heavy atom. The zero-order chi connectivity index (χ0) is 13.8. The maximum Gasteiger partial charge on any atom is 0.188 e. The summed E-state index contributed by atoms with van der Waals surface area (Å²) in [4.78, 5) is 13.2. The molecule has 0 N–H and O–H groups in total. The predicted molar refractivity (Wildman–Crippen MR) is 82.5 cm³/mol. The van der Waals surface area contributed by atoms with Gasteiger partial charge in [0.15, 0.2) is 5.16 Å². The van der Waals surface area contributed by atoms with Crippen LogP contribution in [0.1, 0.15) is 0 Å². The van der Waals surface area contributed by atoms with Gasteiger partial charge in [0, 0.05) is 23.5 Å². The molecule has 3 aromatic rings. The lowest BCUT2D eigenvalue weighted by Gasteiger charge is -2.07. The van der Waals surface area contributed by atoms with Gasteiger partial charge in [0.1, 0.15) is 0 Å². The van der Waals surface area contributed by atoms with E-state index in [1.54, 1.807) is 24.2 Å². The van der Waals surface area contributed by atoms with Crippen LogP contribution in [0.25, 0.3) is 22.5 Å². The third kappa shape index (κ3) is 2.70. The molecular weight excluding hydrogens is 266 g/mol. The summed E-state index contributed by atoms with van der Waals surface area (Å²) in [5.41, 5.74) is 4.01. The van der Waals surface area contributed by atoms with Gasteiger partial charge in [0.05, 0.1) is 11.4 Å². The van der Waals surface area contributed by atoms with Crippen LogP contribution in [-0.4, -0.2) is 21.2 Å². The van der Waals surface area contributed by atoms with Crippen molar-refractivity contribution in [3.05, 3.63) is 60.9 Å². The monoisotopic (exact) mass is 279 g/mol. The molecule has 0 radical (unpaired) electrons. The Morgan fingerprint density at radius 1 is 0.800 bits per heavy atom. The van der Waals surface area contributed by atoms with Crippen molar-refractivity contribution in [3.63, 3.8) is 0 Å². The maximum atomic E-state index is 4.58. The van der Waals surface area contributed by atoms with Gasteiger partial charge in [-0.1, -0.05) is 42.1 Å². The van der Waals surface area contributed by atoms with Crippen LogP contribution in [0.4, 0.5) is 0 Å². The van der Waals surface area contributed by atoms with Crippen molar-refractivity contribution >= 4 is 11.8 Å². The second-order valence-corrected chi connectivity index (χ2v) is 5.00. The fourth-order valence-electron chi connectivity index (χ4n) is 1.94. The van der Waals surface area contributed by atoms with Crippen molar-refractivity contribution in [2.45, 2.75) is 5.16 Å². The van der Waals surface area contributed by atoms with Crippen LogP contribution in [-0.2, 0) is 0 Å². The summed E-state index contributed by atoms with van der Waals surface area (Å²) in [7, 11) is 0. The molecule has 0 spiro atoms. The third-order valence-corrected chi connectivity index (χ3v) is 3.48. The number of rotatable bonds is 3. The van der Waals surface area contributed by atoms with E-state index in [1.165, 1.54) is 0 Å². The molecule has 2 heterocycles. The van der Waals surface area contributed by atoms with E-state index in [9.17, 15) is 0 Å². The fourth-order valence-corrected chi connectivity index (χ4v) is 2.32. The van der Waals surface area contributed by atoms with Gasteiger partial charge in [0.25, 0.3) is 0 Å². The summed E-state index contributed by atoms with van der Waals surface area (Å²) in [5.74, 6) is 0. The molecule has 0 saturated carbocycles. The molecular formula is C16H13N3S. The van der Waals surface area contributed by atoms with Crippen LogP contribution >= 0.6 is 11.8 Å². The number of thioether (sulfide) groups is 1. The number of nitrogens with zero attached hydrogens (tertiary/aromatic N) is 3. The quantitative estimate of drug-likeness (QED) is 0.538. The SMILES string of the molecule is CSc1nc(-c2ccccc2)cc(-c2ccncc2)n1. The number of hydrogen-bond donors (Lipinski definition) is 0. The van der Waals surface area contributed by atoms with Gasteiger partial charge in [-0.05, 0) is 24.5 Å². The lowest BCUT2D eigenvalue weighted by Crippen LogP contribution is -1.93. The van der Waals surface area contributed by atoms with Crippen molar-refractivity contribution in [3.8, 4) is 22.5 Å². The molecule has 20 heavy (non-hydrogen) atoms. The number of hydrogen-bond acceptors (Lipinski definition) is 4. The number of pyridine rings is 1. The smallest absolute Gasteiger partial charge is 0.188 e. The van der Waals surface area contributed by atoms with Gasteiger partial charge in [-0.3, -0.25) is 4.98 Å². The van der Waals surface area contributed by atoms with Crippen molar-refractivity contribution < 1.29 is 0 Å². The maximum absolute atomic E-state index is 4.58. The van der Waals surface area contributed by atoms with Crippen molar-refractivity contribution in [2.75, 3.05) is 6.26 Å². The van der Waals surface area contributed by atoms with Crippen LogP contribution in [0.5, 0.6) is 0 Å². The van der Waals surface area contributed by atoms with Gasteiger partial charge in [-0.15, -0.1) is 0 Å². The van der Waals surface area contributed by atoms with Crippen LogP contribution in [0.2, 0.25) is 0 Å². The minimum absolute atomic E-state index is 0.776. The molecule has 0 saturated heterocycles. The zero-order valence-electron chi connectivity index (χ0n) is 11.0. The standard InChI is InChI=1S/C16H13N3S/c1-20-16-18-14(12-5-3-2-4-6-12)11-15(19-16)13-7-9-17-10-8-13/h2-11H,1H3. The van der Waals surface area contributed by atoms with E-state index in [2.05, 4.69) is 27.1 Å². The number of aromatic nitrogens is 3. The van der Waals surface area contributed by atoms with Gasteiger partial charge in [-0.25, -0.2) is 9.97 Å². The first-order chi connectivity index (χ1) is 9.86. The molecule has 4 heteroatoms.